The minimum Gasteiger partial charge on any atom is -0.287 e. The Kier molecular flexibility index (Phi) is 3.20. The van der Waals surface area contributed by atoms with Gasteiger partial charge >= 0.3 is 0 Å². The van der Waals surface area contributed by atoms with Crippen molar-refractivity contribution in [1.29, 1.82) is 0 Å². The third kappa shape index (κ3) is 2.19. The summed E-state index contributed by atoms with van der Waals surface area (Å²) < 4.78 is 0. The summed E-state index contributed by atoms with van der Waals surface area (Å²) in [5.74, 6) is -0.129. The zero-order chi connectivity index (χ0) is 12.4. The highest BCUT2D eigenvalue weighted by molar-refractivity contribution is 6.30. The number of hydrogen-bond donors (Lipinski definition) is 0. The van der Waals surface area contributed by atoms with Crippen LogP contribution in [0.5, 0.6) is 0 Å². The standard InChI is InChI=1S/C13H11ClN2O/c1-8-9(2)13(14)16-15-11(8)12(17)10-6-4-3-5-7-10/h3-7H,1-2H3. The molecule has 2 rings (SSSR count). The van der Waals surface area contributed by atoms with E-state index in [1.165, 1.54) is 0 Å². The molecule has 2 aromatic rings. The number of aromatic nitrogens is 2. The van der Waals surface area contributed by atoms with Crippen LogP contribution >= 0.6 is 11.6 Å². The van der Waals surface area contributed by atoms with Crippen molar-refractivity contribution in [3.8, 4) is 0 Å². The van der Waals surface area contributed by atoms with Gasteiger partial charge in [0.2, 0.25) is 5.78 Å². The molecule has 0 aliphatic carbocycles. The maximum absolute atomic E-state index is 12.2. The molecule has 0 saturated heterocycles. The van der Waals surface area contributed by atoms with Crippen molar-refractivity contribution < 1.29 is 4.79 Å². The van der Waals surface area contributed by atoms with Gasteiger partial charge in [-0.3, -0.25) is 4.79 Å². The fraction of sp³-hybridized carbons (Fsp3) is 0.154. The van der Waals surface area contributed by atoms with E-state index in [0.29, 0.717) is 16.4 Å². The van der Waals surface area contributed by atoms with Gasteiger partial charge in [-0.05, 0) is 25.0 Å². The van der Waals surface area contributed by atoms with Gasteiger partial charge in [0.15, 0.2) is 5.15 Å². The van der Waals surface area contributed by atoms with Gasteiger partial charge in [-0.15, -0.1) is 10.2 Å². The summed E-state index contributed by atoms with van der Waals surface area (Å²) in [4.78, 5) is 12.2. The van der Waals surface area contributed by atoms with Crippen molar-refractivity contribution >= 4 is 17.4 Å². The molecular formula is C13H11ClN2O. The van der Waals surface area contributed by atoms with Crippen molar-refractivity contribution in [2.24, 2.45) is 0 Å². The number of carbonyl (C=O) groups is 1. The third-order valence-electron chi connectivity index (χ3n) is 2.72. The van der Waals surface area contributed by atoms with Crippen LogP contribution in [0.4, 0.5) is 0 Å². The molecule has 0 N–H and O–H groups in total. The first-order valence-corrected chi connectivity index (χ1v) is 5.58. The first-order chi connectivity index (χ1) is 8.11. The van der Waals surface area contributed by atoms with Gasteiger partial charge < -0.3 is 0 Å². The Bertz CT molecular complexity index is 567. The Morgan fingerprint density at radius 2 is 1.71 bits per heavy atom. The van der Waals surface area contributed by atoms with E-state index in [9.17, 15) is 4.79 Å². The van der Waals surface area contributed by atoms with E-state index in [-0.39, 0.29) is 5.78 Å². The Balaban J connectivity index is 2.49. The smallest absolute Gasteiger partial charge is 0.213 e. The van der Waals surface area contributed by atoms with Crippen LogP contribution in [0.2, 0.25) is 5.15 Å². The molecule has 0 unspecified atom stereocenters. The van der Waals surface area contributed by atoms with Gasteiger partial charge in [0.1, 0.15) is 5.69 Å². The van der Waals surface area contributed by atoms with Gasteiger partial charge in [0.25, 0.3) is 0 Å². The number of halogens is 1. The van der Waals surface area contributed by atoms with Crippen molar-refractivity contribution in [1.82, 2.24) is 10.2 Å². The van der Waals surface area contributed by atoms with Crippen molar-refractivity contribution in [3.05, 3.63) is 57.9 Å². The third-order valence-corrected chi connectivity index (χ3v) is 3.08. The topological polar surface area (TPSA) is 42.9 Å². The minimum absolute atomic E-state index is 0.129. The molecule has 0 radical (unpaired) electrons. The van der Waals surface area contributed by atoms with Crippen molar-refractivity contribution in [2.45, 2.75) is 13.8 Å². The lowest BCUT2D eigenvalue weighted by molar-refractivity contribution is 0.103. The predicted octanol–water partition coefficient (Wildman–Crippen LogP) is 2.98. The highest BCUT2D eigenvalue weighted by Gasteiger charge is 2.16. The van der Waals surface area contributed by atoms with E-state index in [1.807, 2.05) is 32.0 Å². The van der Waals surface area contributed by atoms with Crippen LogP contribution in [0.15, 0.2) is 30.3 Å². The Morgan fingerprint density at radius 1 is 1.06 bits per heavy atom. The molecule has 0 amide bonds. The predicted molar refractivity (Wildman–Crippen MR) is 66.4 cm³/mol. The normalized spacial score (nSPS) is 10.3. The fourth-order valence-electron chi connectivity index (χ4n) is 1.52. The molecule has 1 heterocycles. The summed E-state index contributed by atoms with van der Waals surface area (Å²) >= 11 is 5.85. The SMILES string of the molecule is Cc1c(Cl)nnc(C(=O)c2ccccc2)c1C. The van der Waals surface area contributed by atoms with Crippen LogP contribution in [-0.4, -0.2) is 16.0 Å². The van der Waals surface area contributed by atoms with E-state index in [4.69, 9.17) is 11.6 Å². The lowest BCUT2D eigenvalue weighted by Gasteiger charge is -2.06. The second-order valence-corrected chi connectivity index (χ2v) is 4.14. The van der Waals surface area contributed by atoms with Crippen LogP contribution < -0.4 is 0 Å². The zero-order valence-electron chi connectivity index (χ0n) is 9.57. The van der Waals surface area contributed by atoms with Crippen LogP contribution in [0, 0.1) is 13.8 Å². The maximum atomic E-state index is 12.2. The zero-order valence-corrected chi connectivity index (χ0v) is 10.3. The molecule has 17 heavy (non-hydrogen) atoms. The number of hydrogen-bond acceptors (Lipinski definition) is 3. The minimum atomic E-state index is -0.129. The van der Waals surface area contributed by atoms with Gasteiger partial charge in [0.05, 0.1) is 0 Å². The molecule has 0 bridgehead atoms. The highest BCUT2D eigenvalue weighted by Crippen LogP contribution is 2.19. The number of benzene rings is 1. The molecule has 1 aromatic heterocycles. The average molecular weight is 247 g/mol. The van der Waals surface area contributed by atoms with Gasteiger partial charge in [-0.25, -0.2) is 0 Å². The largest absolute Gasteiger partial charge is 0.287 e. The number of nitrogens with zero attached hydrogens (tertiary/aromatic N) is 2. The van der Waals surface area contributed by atoms with Crippen LogP contribution in [0.1, 0.15) is 27.2 Å². The van der Waals surface area contributed by atoms with Crippen LogP contribution in [0.25, 0.3) is 0 Å². The first-order valence-electron chi connectivity index (χ1n) is 5.20. The molecule has 0 saturated carbocycles. The summed E-state index contributed by atoms with van der Waals surface area (Å²) in [6, 6.07) is 9.01. The summed E-state index contributed by atoms with van der Waals surface area (Å²) in [5, 5.41) is 8.00. The number of carbonyl (C=O) groups excluding carboxylic acids is 1. The van der Waals surface area contributed by atoms with Gasteiger partial charge in [-0.2, -0.15) is 0 Å². The number of ketones is 1. The molecule has 0 aliphatic rings. The lowest BCUT2D eigenvalue weighted by Crippen LogP contribution is -2.09. The van der Waals surface area contributed by atoms with Crippen molar-refractivity contribution in [3.63, 3.8) is 0 Å². The summed E-state index contributed by atoms with van der Waals surface area (Å²) in [6.45, 7) is 3.65. The summed E-state index contributed by atoms with van der Waals surface area (Å²) in [6.07, 6.45) is 0. The van der Waals surface area contributed by atoms with E-state index >= 15 is 0 Å². The Labute approximate surface area is 104 Å². The molecule has 0 aliphatic heterocycles. The summed E-state index contributed by atoms with van der Waals surface area (Å²) in [7, 11) is 0. The highest BCUT2D eigenvalue weighted by atomic mass is 35.5. The molecule has 86 valence electrons. The van der Waals surface area contributed by atoms with E-state index in [0.717, 1.165) is 11.1 Å². The Morgan fingerprint density at radius 3 is 2.35 bits per heavy atom. The first kappa shape index (κ1) is 11.7. The molecular weight excluding hydrogens is 236 g/mol. The molecule has 0 fully saturated rings. The quantitative estimate of drug-likeness (QED) is 0.765. The van der Waals surface area contributed by atoms with Crippen molar-refractivity contribution in [2.75, 3.05) is 0 Å². The van der Waals surface area contributed by atoms with Crippen LogP contribution in [-0.2, 0) is 0 Å². The molecule has 1 aromatic carbocycles. The molecule has 0 atom stereocenters. The van der Waals surface area contributed by atoms with Crippen LogP contribution in [0.3, 0.4) is 0 Å². The van der Waals surface area contributed by atoms with Gasteiger partial charge in [0, 0.05) is 5.56 Å². The molecule has 4 heteroatoms. The Hall–Kier alpha value is -1.74. The lowest BCUT2D eigenvalue weighted by atomic mass is 10.0. The van der Waals surface area contributed by atoms with E-state index in [2.05, 4.69) is 10.2 Å². The summed E-state index contributed by atoms with van der Waals surface area (Å²) in [5.41, 5.74) is 2.53. The number of rotatable bonds is 2. The van der Waals surface area contributed by atoms with E-state index in [1.54, 1.807) is 12.1 Å². The maximum Gasteiger partial charge on any atom is 0.213 e. The molecule has 0 spiro atoms. The fourth-order valence-corrected chi connectivity index (χ4v) is 1.70. The van der Waals surface area contributed by atoms with E-state index < -0.39 is 0 Å². The monoisotopic (exact) mass is 246 g/mol. The van der Waals surface area contributed by atoms with Gasteiger partial charge in [-0.1, -0.05) is 41.9 Å². The molecule has 3 nitrogen and oxygen atoms in total. The second-order valence-electron chi connectivity index (χ2n) is 3.78. The second kappa shape index (κ2) is 4.63. The average Bonchev–Trinajstić information content (AvgIpc) is 2.36.